The van der Waals surface area contributed by atoms with E-state index in [9.17, 15) is 14.4 Å². The highest BCUT2D eigenvalue weighted by atomic mass is 35.5. The number of ether oxygens (including phenoxy) is 2. The number of nitrogens with one attached hydrogen (secondary N) is 3. The van der Waals surface area contributed by atoms with E-state index in [4.69, 9.17) is 26.1 Å². The van der Waals surface area contributed by atoms with Gasteiger partial charge in [-0.15, -0.1) is 0 Å². The van der Waals surface area contributed by atoms with Crippen molar-refractivity contribution < 1.29 is 23.9 Å². The van der Waals surface area contributed by atoms with E-state index in [-0.39, 0.29) is 36.6 Å². The van der Waals surface area contributed by atoms with Gasteiger partial charge in [0.2, 0.25) is 17.7 Å². The normalized spacial score (nSPS) is 19.6. The summed E-state index contributed by atoms with van der Waals surface area (Å²) < 4.78 is 12.3. The molecule has 3 atom stereocenters. The monoisotopic (exact) mass is 682 g/mol. The van der Waals surface area contributed by atoms with Gasteiger partial charge in [0.05, 0.1) is 25.3 Å². The van der Waals surface area contributed by atoms with Crippen LogP contribution >= 0.6 is 11.6 Å². The van der Waals surface area contributed by atoms with Gasteiger partial charge in [-0.2, -0.15) is 5.10 Å². The largest absolute Gasteiger partial charge is 0.493 e. The second kappa shape index (κ2) is 17.8. The van der Waals surface area contributed by atoms with Crippen molar-refractivity contribution in [1.29, 1.82) is 0 Å². The molecule has 0 saturated carbocycles. The molecule has 0 aliphatic carbocycles. The third-order valence-corrected chi connectivity index (χ3v) is 8.85. The van der Waals surface area contributed by atoms with Gasteiger partial charge < -0.3 is 25.4 Å². The molecule has 0 radical (unpaired) electrons. The molecule has 1 aliphatic heterocycles. The molecule has 13 nitrogen and oxygen atoms in total. The molecule has 3 heterocycles. The Labute approximate surface area is 287 Å². The molecule has 48 heavy (non-hydrogen) atoms. The Kier molecular flexibility index (Phi) is 13.6. The maximum Gasteiger partial charge on any atom is 0.243 e. The number of halogens is 1. The average Bonchev–Trinajstić information content (AvgIpc) is 3.47. The Bertz CT molecular complexity index is 1550. The van der Waals surface area contributed by atoms with Crippen LogP contribution in [0.4, 0.5) is 0 Å². The van der Waals surface area contributed by atoms with Crippen molar-refractivity contribution in [2.45, 2.75) is 78.0 Å². The summed E-state index contributed by atoms with van der Waals surface area (Å²) in [6, 6.07) is 6.13. The zero-order valence-corrected chi connectivity index (χ0v) is 29.2. The van der Waals surface area contributed by atoms with E-state index in [1.807, 2.05) is 38.1 Å². The molecule has 0 saturated heterocycles. The van der Waals surface area contributed by atoms with Crippen LogP contribution in [0.2, 0.25) is 5.02 Å². The molecule has 14 heteroatoms. The standard InChI is InChI=1S/C34H47ClN8O5/c1-6-22(2)32-34(46)38-23(3)33-39-29(18-24-10-11-27(47-4)28(17-24)48-5)41-43(33)21-31(45)37-13-8-16-42(15-7-9-30(44)40-32)20-25-12-14-36-19-26(25)35/h10-12,14,17,19,22-23,32H,6-9,13,15-16,18,20-21H2,1-5H3,(H,37,45)(H,38,46)(H,40,44)/t22-,23+,32-/m0/s1. The highest BCUT2D eigenvalue weighted by Gasteiger charge is 2.29. The molecule has 1 aliphatic rings. The minimum Gasteiger partial charge on any atom is -0.493 e. The minimum atomic E-state index is -0.735. The number of rotatable bonds is 8. The van der Waals surface area contributed by atoms with Gasteiger partial charge >= 0.3 is 0 Å². The number of fused-ring (bicyclic) bond motifs is 1. The Morgan fingerprint density at radius 2 is 1.81 bits per heavy atom. The van der Waals surface area contributed by atoms with E-state index >= 15 is 0 Å². The lowest BCUT2D eigenvalue weighted by molar-refractivity contribution is -0.130. The molecule has 0 unspecified atom stereocenters. The topological polar surface area (TPSA) is 153 Å². The Morgan fingerprint density at radius 1 is 1.04 bits per heavy atom. The van der Waals surface area contributed by atoms with Gasteiger partial charge in [-0.3, -0.25) is 24.3 Å². The van der Waals surface area contributed by atoms with Crippen LogP contribution in [0.5, 0.6) is 11.5 Å². The maximum absolute atomic E-state index is 13.6. The number of carbonyl (C=O) groups is 3. The lowest BCUT2D eigenvalue weighted by Crippen LogP contribution is -2.51. The molecule has 0 fully saturated rings. The van der Waals surface area contributed by atoms with Gasteiger partial charge in [-0.1, -0.05) is 37.9 Å². The van der Waals surface area contributed by atoms with Crippen molar-refractivity contribution in [2.75, 3.05) is 33.9 Å². The molecule has 0 spiro atoms. The maximum atomic E-state index is 13.6. The summed E-state index contributed by atoms with van der Waals surface area (Å²) in [5, 5.41) is 14.2. The Balaban J connectivity index is 1.58. The average molecular weight is 683 g/mol. The van der Waals surface area contributed by atoms with E-state index in [1.54, 1.807) is 33.5 Å². The highest BCUT2D eigenvalue weighted by molar-refractivity contribution is 6.31. The van der Waals surface area contributed by atoms with Crippen LogP contribution in [0, 0.1) is 5.92 Å². The van der Waals surface area contributed by atoms with Gasteiger partial charge in [-0.05, 0) is 61.6 Å². The van der Waals surface area contributed by atoms with Crippen LogP contribution in [-0.2, 0) is 33.9 Å². The molecule has 3 N–H and O–H groups in total. The molecule has 3 amide bonds. The molecular formula is C34H47ClN8O5. The summed E-state index contributed by atoms with van der Waals surface area (Å²) in [5.74, 6) is 1.28. The molecule has 1 aromatic carbocycles. The summed E-state index contributed by atoms with van der Waals surface area (Å²) >= 11 is 6.39. The number of hydrogen-bond donors (Lipinski definition) is 3. The Morgan fingerprint density at radius 3 is 2.54 bits per heavy atom. The molecule has 0 bridgehead atoms. The zero-order chi connectivity index (χ0) is 34.6. The van der Waals surface area contributed by atoms with Crippen molar-refractivity contribution in [3.63, 3.8) is 0 Å². The van der Waals surface area contributed by atoms with Gasteiger partial charge in [0.25, 0.3) is 0 Å². The van der Waals surface area contributed by atoms with E-state index in [0.717, 1.165) is 11.1 Å². The smallest absolute Gasteiger partial charge is 0.243 e. The predicted octanol–water partition coefficient (Wildman–Crippen LogP) is 3.44. The number of pyridine rings is 1. The number of carbonyl (C=O) groups excluding carboxylic acids is 3. The summed E-state index contributed by atoms with van der Waals surface area (Å²) in [6.45, 7) is 8.00. The fourth-order valence-electron chi connectivity index (χ4n) is 5.63. The third kappa shape index (κ3) is 10.1. The van der Waals surface area contributed by atoms with Crippen LogP contribution < -0.4 is 25.4 Å². The highest BCUT2D eigenvalue weighted by Crippen LogP contribution is 2.28. The summed E-state index contributed by atoms with van der Waals surface area (Å²) in [6.07, 6.45) is 5.93. The number of benzene rings is 1. The van der Waals surface area contributed by atoms with E-state index in [0.29, 0.717) is 80.0 Å². The van der Waals surface area contributed by atoms with Crippen molar-refractivity contribution in [1.82, 2.24) is 40.6 Å². The van der Waals surface area contributed by atoms with E-state index in [1.165, 1.54) is 4.68 Å². The first-order valence-electron chi connectivity index (χ1n) is 16.4. The van der Waals surface area contributed by atoms with E-state index < -0.39 is 12.1 Å². The summed E-state index contributed by atoms with van der Waals surface area (Å²) in [4.78, 5) is 51.0. The lowest BCUT2D eigenvalue weighted by atomic mass is 9.97. The first-order chi connectivity index (χ1) is 23.1. The predicted molar refractivity (Wildman–Crippen MR) is 182 cm³/mol. The van der Waals surface area contributed by atoms with Gasteiger partial charge in [-0.25, -0.2) is 9.67 Å². The number of amides is 3. The fraction of sp³-hybridized carbons (Fsp3) is 0.529. The first-order valence-corrected chi connectivity index (χ1v) is 16.8. The van der Waals surface area contributed by atoms with Crippen LogP contribution in [0.1, 0.15) is 75.3 Å². The second-order valence-electron chi connectivity index (χ2n) is 12.1. The van der Waals surface area contributed by atoms with Crippen LogP contribution in [0.25, 0.3) is 0 Å². The van der Waals surface area contributed by atoms with Gasteiger partial charge in [0.15, 0.2) is 17.3 Å². The number of methoxy groups -OCH3 is 2. The third-order valence-electron chi connectivity index (χ3n) is 8.51. The SMILES string of the molecule is CC[C@H](C)[C@@H]1NC(=O)CCCN(Cc2ccncc2Cl)CCCNC(=O)Cn2nc(Cc3ccc(OC)c(OC)c3)nc2[C@@H](C)NC1=O. The summed E-state index contributed by atoms with van der Waals surface area (Å²) in [7, 11) is 3.15. The van der Waals surface area contributed by atoms with Crippen molar-refractivity contribution in [3.8, 4) is 11.5 Å². The van der Waals surface area contributed by atoms with Crippen LogP contribution in [0.15, 0.2) is 36.7 Å². The minimum absolute atomic E-state index is 0.0731. The fourth-order valence-corrected chi connectivity index (χ4v) is 5.81. The second-order valence-corrected chi connectivity index (χ2v) is 12.5. The molecule has 2 aromatic heterocycles. The lowest BCUT2D eigenvalue weighted by Gasteiger charge is -2.26. The van der Waals surface area contributed by atoms with Gasteiger partial charge in [0, 0.05) is 44.9 Å². The first kappa shape index (κ1) is 36.6. The van der Waals surface area contributed by atoms with Crippen LogP contribution in [-0.4, -0.2) is 82.3 Å². The van der Waals surface area contributed by atoms with Crippen molar-refractivity contribution >= 4 is 29.3 Å². The number of hydrogen-bond acceptors (Lipinski definition) is 9. The van der Waals surface area contributed by atoms with Crippen molar-refractivity contribution in [2.24, 2.45) is 5.92 Å². The van der Waals surface area contributed by atoms with Crippen LogP contribution in [0.3, 0.4) is 0 Å². The molecule has 260 valence electrons. The number of aromatic nitrogens is 4. The summed E-state index contributed by atoms with van der Waals surface area (Å²) in [5.41, 5.74) is 1.83. The van der Waals surface area contributed by atoms with Crippen molar-refractivity contribution in [3.05, 3.63) is 64.5 Å². The quantitative estimate of drug-likeness (QED) is 0.324. The van der Waals surface area contributed by atoms with E-state index in [2.05, 4.69) is 30.9 Å². The number of nitrogens with zero attached hydrogens (tertiary/aromatic N) is 5. The Hall–Kier alpha value is -4.23. The molecular weight excluding hydrogens is 636 g/mol. The zero-order valence-electron chi connectivity index (χ0n) is 28.4. The molecule has 3 aromatic rings. The molecule has 4 rings (SSSR count). The van der Waals surface area contributed by atoms with Gasteiger partial charge in [0.1, 0.15) is 18.4 Å².